The van der Waals surface area contributed by atoms with Crippen LogP contribution >= 0.6 is 0 Å². The van der Waals surface area contributed by atoms with Gasteiger partial charge in [-0.05, 0) is 32.6 Å². The molecule has 0 aliphatic carbocycles. The molecule has 0 aromatic carbocycles. The Balaban J connectivity index is 2.10. The van der Waals surface area contributed by atoms with E-state index in [0.29, 0.717) is 5.95 Å². The van der Waals surface area contributed by atoms with Gasteiger partial charge < -0.3 is 16.0 Å². The highest BCUT2D eigenvalue weighted by molar-refractivity contribution is 5.16. The van der Waals surface area contributed by atoms with Gasteiger partial charge in [0.1, 0.15) is 0 Å². The van der Waals surface area contributed by atoms with Gasteiger partial charge in [-0.25, -0.2) is 9.97 Å². The molecule has 96 valence electrons. The number of nitrogens with zero attached hydrogens (tertiary/aromatic N) is 3. The summed E-state index contributed by atoms with van der Waals surface area (Å²) >= 11 is 0. The molecule has 1 rings (SSSR count). The molecular formula is C12H23N5. The Hall–Kier alpha value is -1.20. The van der Waals surface area contributed by atoms with Crippen molar-refractivity contribution >= 4 is 5.95 Å². The van der Waals surface area contributed by atoms with Crippen molar-refractivity contribution < 1.29 is 0 Å². The maximum Gasteiger partial charge on any atom is 0.219 e. The van der Waals surface area contributed by atoms with Gasteiger partial charge in [-0.1, -0.05) is 13.8 Å². The number of nitrogens with two attached hydrogens (primary N) is 1. The molecule has 1 aromatic heterocycles. The first-order valence-corrected chi connectivity index (χ1v) is 6.25. The minimum Gasteiger partial charge on any atom is -0.368 e. The van der Waals surface area contributed by atoms with Crippen LogP contribution in [0, 0.1) is 0 Å². The monoisotopic (exact) mass is 237 g/mol. The van der Waals surface area contributed by atoms with E-state index in [4.69, 9.17) is 5.73 Å². The maximum absolute atomic E-state index is 5.42. The second-order valence-corrected chi connectivity index (χ2v) is 4.01. The zero-order valence-electron chi connectivity index (χ0n) is 10.8. The number of rotatable bonds is 8. The van der Waals surface area contributed by atoms with E-state index in [1.807, 2.05) is 0 Å². The highest BCUT2D eigenvalue weighted by atomic mass is 15.1. The summed E-state index contributed by atoms with van der Waals surface area (Å²) in [5.74, 6) is 0.329. The molecule has 5 nitrogen and oxygen atoms in total. The van der Waals surface area contributed by atoms with Crippen LogP contribution in [0.4, 0.5) is 5.95 Å². The average molecular weight is 237 g/mol. The fraction of sp³-hybridized carbons (Fsp3) is 0.667. The van der Waals surface area contributed by atoms with E-state index in [0.717, 1.165) is 44.7 Å². The second kappa shape index (κ2) is 7.97. The SMILES string of the molecule is CCN(CC)CCCNCc1cnc(N)nc1. The summed E-state index contributed by atoms with van der Waals surface area (Å²) in [4.78, 5) is 10.3. The van der Waals surface area contributed by atoms with Crippen LogP contribution in [0.5, 0.6) is 0 Å². The standard InChI is InChI=1S/C12H23N5/c1-3-17(4-2)7-5-6-14-8-11-9-15-12(13)16-10-11/h9-10,14H,3-8H2,1-2H3,(H2,13,15,16). The zero-order valence-corrected chi connectivity index (χ0v) is 10.8. The molecule has 3 N–H and O–H groups in total. The molecule has 0 aliphatic heterocycles. The lowest BCUT2D eigenvalue weighted by molar-refractivity contribution is 0.298. The zero-order chi connectivity index (χ0) is 12.5. The van der Waals surface area contributed by atoms with Crippen LogP contribution in [0.15, 0.2) is 12.4 Å². The Morgan fingerprint density at radius 2 is 1.88 bits per heavy atom. The van der Waals surface area contributed by atoms with E-state index >= 15 is 0 Å². The van der Waals surface area contributed by atoms with Crippen molar-refractivity contribution in [2.45, 2.75) is 26.8 Å². The molecule has 0 amide bonds. The van der Waals surface area contributed by atoms with E-state index in [-0.39, 0.29) is 0 Å². The second-order valence-electron chi connectivity index (χ2n) is 4.01. The van der Waals surface area contributed by atoms with Gasteiger partial charge in [0.15, 0.2) is 0 Å². The van der Waals surface area contributed by atoms with Gasteiger partial charge >= 0.3 is 0 Å². The smallest absolute Gasteiger partial charge is 0.219 e. The van der Waals surface area contributed by atoms with Gasteiger partial charge in [0.25, 0.3) is 0 Å². The lowest BCUT2D eigenvalue weighted by atomic mass is 10.3. The number of anilines is 1. The molecule has 0 saturated heterocycles. The maximum atomic E-state index is 5.42. The summed E-state index contributed by atoms with van der Waals surface area (Å²) in [5, 5.41) is 3.38. The number of nitrogen functional groups attached to an aromatic ring is 1. The summed E-state index contributed by atoms with van der Waals surface area (Å²) in [6.45, 7) is 9.62. The van der Waals surface area contributed by atoms with Crippen LogP contribution in [0.2, 0.25) is 0 Å². The molecule has 1 aromatic rings. The summed E-state index contributed by atoms with van der Waals surface area (Å²) in [5.41, 5.74) is 6.49. The van der Waals surface area contributed by atoms with Crippen molar-refractivity contribution in [2.75, 3.05) is 31.9 Å². The van der Waals surface area contributed by atoms with Crippen LogP contribution in [0.1, 0.15) is 25.8 Å². The first-order chi connectivity index (χ1) is 8.26. The summed E-state index contributed by atoms with van der Waals surface area (Å²) in [6.07, 6.45) is 4.69. The van der Waals surface area contributed by atoms with Crippen molar-refractivity contribution in [3.05, 3.63) is 18.0 Å². The molecular weight excluding hydrogens is 214 g/mol. The topological polar surface area (TPSA) is 67.1 Å². The van der Waals surface area contributed by atoms with Crippen LogP contribution in [0.25, 0.3) is 0 Å². The molecule has 5 heteroatoms. The number of hydrogen-bond acceptors (Lipinski definition) is 5. The predicted octanol–water partition coefficient (Wildman–Crippen LogP) is 0.880. The van der Waals surface area contributed by atoms with Crippen LogP contribution in [0.3, 0.4) is 0 Å². The molecule has 0 atom stereocenters. The number of hydrogen-bond donors (Lipinski definition) is 2. The van der Waals surface area contributed by atoms with Crippen molar-refractivity contribution in [3.8, 4) is 0 Å². The molecule has 1 heterocycles. The molecule has 0 unspecified atom stereocenters. The van der Waals surface area contributed by atoms with E-state index in [9.17, 15) is 0 Å². The van der Waals surface area contributed by atoms with Gasteiger partial charge in [-0.2, -0.15) is 0 Å². The number of aromatic nitrogens is 2. The fourth-order valence-electron chi connectivity index (χ4n) is 1.66. The molecule has 0 fully saturated rings. The Labute approximate surface area is 103 Å². The normalized spacial score (nSPS) is 11.0. The van der Waals surface area contributed by atoms with Crippen molar-refractivity contribution in [2.24, 2.45) is 0 Å². The third-order valence-electron chi connectivity index (χ3n) is 2.78. The lowest BCUT2D eigenvalue weighted by Gasteiger charge is -2.17. The summed E-state index contributed by atoms with van der Waals surface area (Å²) in [6, 6.07) is 0. The summed E-state index contributed by atoms with van der Waals surface area (Å²) < 4.78 is 0. The first-order valence-electron chi connectivity index (χ1n) is 6.25. The van der Waals surface area contributed by atoms with Gasteiger partial charge in [0, 0.05) is 24.5 Å². The minimum atomic E-state index is 0.329. The van der Waals surface area contributed by atoms with Crippen molar-refractivity contribution in [1.82, 2.24) is 20.2 Å². The predicted molar refractivity (Wildman–Crippen MR) is 70.6 cm³/mol. The molecule has 0 bridgehead atoms. The average Bonchev–Trinajstić information content (AvgIpc) is 2.36. The van der Waals surface area contributed by atoms with Crippen LogP contribution in [-0.2, 0) is 6.54 Å². The van der Waals surface area contributed by atoms with Gasteiger partial charge in [0.2, 0.25) is 5.95 Å². The largest absolute Gasteiger partial charge is 0.368 e. The molecule has 0 spiro atoms. The third kappa shape index (κ3) is 5.60. The van der Waals surface area contributed by atoms with E-state index < -0.39 is 0 Å². The van der Waals surface area contributed by atoms with E-state index in [2.05, 4.69) is 34.0 Å². The third-order valence-corrected chi connectivity index (χ3v) is 2.78. The van der Waals surface area contributed by atoms with Gasteiger partial charge in [0.05, 0.1) is 0 Å². The highest BCUT2D eigenvalue weighted by Crippen LogP contribution is 1.96. The summed E-state index contributed by atoms with van der Waals surface area (Å²) in [7, 11) is 0. The van der Waals surface area contributed by atoms with E-state index in [1.54, 1.807) is 12.4 Å². The van der Waals surface area contributed by atoms with E-state index in [1.165, 1.54) is 0 Å². The Morgan fingerprint density at radius 3 is 2.47 bits per heavy atom. The molecule has 0 aliphatic rings. The Bertz CT molecular complexity index is 294. The molecule has 0 radical (unpaired) electrons. The fourth-order valence-corrected chi connectivity index (χ4v) is 1.66. The molecule has 17 heavy (non-hydrogen) atoms. The van der Waals surface area contributed by atoms with Gasteiger partial charge in [-0.15, -0.1) is 0 Å². The first kappa shape index (κ1) is 13.9. The number of nitrogens with one attached hydrogen (secondary N) is 1. The minimum absolute atomic E-state index is 0.329. The Kier molecular flexibility index (Phi) is 6.50. The van der Waals surface area contributed by atoms with Crippen LogP contribution < -0.4 is 11.1 Å². The van der Waals surface area contributed by atoms with Crippen LogP contribution in [-0.4, -0.2) is 41.0 Å². The van der Waals surface area contributed by atoms with Crippen molar-refractivity contribution in [1.29, 1.82) is 0 Å². The molecule has 0 saturated carbocycles. The Morgan fingerprint density at radius 1 is 1.24 bits per heavy atom. The highest BCUT2D eigenvalue weighted by Gasteiger charge is 1.98. The van der Waals surface area contributed by atoms with Gasteiger partial charge in [-0.3, -0.25) is 0 Å². The lowest BCUT2D eigenvalue weighted by Crippen LogP contribution is -2.27. The quantitative estimate of drug-likeness (QED) is 0.657. The van der Waals surface area contributed by atoms with Crippen molar-refractivity contribution in [3.63, 3.8) is 0 Å².